The van der Waals surface area contributed by atoms with Crippen LogP contribution < -0.4 is 9.47 Å². The number of carboxylic acid groups (broad SMARTS) is 1. The number of hydrogen-bond acceptors (Lipinski definition) is 5. The normalized spacial score (nSPS) is 13.9. The number of benzene rings is 3. The summed E-state index contributed by atoms with van der Waals surface area (Å²) in [5.74, 6) is -5.88. The minimum atomic E-state index is -6.06. The number of ether oxygens (including phenoxy) is 2. The lowest BCUT2D eigenvalue weighted by Crippen LogP contribution is -2.55. The number of aromatic nitrogens is 1. The second-order valence-corrected chi connectivity index (χ2v) is 11.8. The number of alkyl halides is 5. The molecule has 256 valence electrons. The van der Waals surface area contributed by atoms with E-state index in [0.29, 0.717) is 29.9 Å². The van der Waals surface area contributed by atoms with Crippen molar-refractivity contribution >= 4 is 16.9 Å². The van der Waals surface area contributed by atoms with Crippen molar-refractivity contribution < 1.29 is 46.4 Å². The molecule has 1 aromatic heterocycles. The Bertz CT molecular complexity index is 1750. The van der Waals surface area contributed by atoms with E-state index in [4.69, 9.17) is 14.6 Å². The Labute approximate surface area is 275 Å². The summed E-state index contributed by atoms with van der Waals surface area (Å²) in [7, 11) is 1.40. The molecule has 0 saturated carbocycles. The summed E-state index contributed by atoms with van der Waals surface area (Å²) in [4.78, 5) is 11.1. The fourth-order valence-electron chi connectivity index (χ4n) is 5.91. The number of nitriles is 1. The van der Waals surface area contributed by atoms with E-state index in [1.807, 2.05) is 13.0 Å². The van der Waals surface area contributed by atoms with Gasteiger partial charge in [-0.15, -0.1) is 0 Å². The molecule has 7 nitrogen and oxygen atoms in total. The fraction of sp³-hybridized carbons (Fsp3) is 0.389. The summed E-state index contributed by atoms with van der Waals surface area (Å²) in [6.07, 6.45) is -5.04. The molecule has 2 atom stereocenters. The number of carbonyl (C=O) groups is 1. The highest BCUT2D eigenvalue weighted by molar-refractivity contribution is 5.86. The molecule has 0 bridgehead atoms. The average molecular weight is 673 g/mol. The van der Waals surface area contributed by atoms with Gasteiger partial charge in [-0.05, 0) is 67.5 Å². The smallest absolute Gasteiger partial charge is 0.456 e. The van der Waals surface area contributed by atoms with E-state index in [2.05, 4.69) is 0 Å². The van der Waals surface area contributed by atoms with Gasteiger partial charge >= 0.3 is 18.1 Å². The first kappa shape index (κ1) is 36.2. The van der Waals surface area contributed by atoms with Gasteiger partial charge < -0.3 is 24.3 Å². The molecule has 2 unspecified atom stereocenters. The van der Waals surface area contributed by atoms with Gasteiger partial charge in [-0.2, -0.15) is 27.2 Å². The second-order valence-electron chi connectivity index (χ2n) is 11.8. The Kier molecular flexibility index (Phi) is 11.4. The minimum absolute atomic E-state index is 0.0120. The quantitative estimate of drug-likeness (QED) is 0.0916. The maximum Gasteiger partial charge on any atom is 0.456 e. The Morgan fingerprint density at radius 1 is 0.958 bits per heavy atom. The van der Waals surface area contributed by atoms with Crippen LogP contribution in [0.5, 0.6) is 11.5 Å². The maximum atomic E-state index is 15.5. The van der Waals surface area contributed by atoms with Crippen molar-refractivity contribution in [3.8, 4) is 17.6 Å². The van der Waals surface area contributed by atoms with Gasteiger partial charge in [0.25, 0.3) is 0 Å². The van der Waals surface area contributed by atoms with Crippen LogP contribution in [0.25, 0.3) is 10.9 Å². The largest absolute Gasteiger partial charge is 0.493 e. The Balaban J connectivity index is 1.62. The molecule has 0 aliphatic rings. The van der Waals surface area contributed by atoms with Crippen LogP contribution in [0.4, 0.5) is 22.0 Å². The zero-order valence-corrected chi connectivity index (χ0v) is 26.6. The van der Waals surface area contributed by atoms with Crippen LogP contribution >= 0.6 is 0 Å². The van der Waals surface area contributed by atoms with Crippen LogP contribution in [0.15, 0.2) is 72.9 Å². The lowest BCUT2D eigenvalue weighted by molar-refractivity contribution is -0.347. The Morgan fingerprint density at radius 3 is 2.31 bits per heavy atom. The van der Waals surface area contributed by atoms with Crippen LogP contribution in [-0.2, 0) is 23.4 Å². The first-order chi connectivity index (χ1) is 22.7. The highest BCUT2D eigenvalue weighted by Gasteiger charge is 2.70. The number of unbranched alkanes of at least 4 members (excludes halogenated alkanes) is 1. The van der Waals surface area contributed by atoms with E-state index < -0.39 is 41.8 Å². The summed E-state index contributed by atoms with van der Waals surface area (Å²) >= 11 is 0. The third-order valence-electron chi connectivity index (χ3n) is 8.33. The standard InChI is InChI=1S/C36H37F5N2O5/c1-3-9-27(48-31-16-14-25(20-33(44)45)19-32(31)47-2)12-7-8-17-34(46,35(37,38)36(39,40)41)29-23-43(22-24-10-5-4-6-11-24)30-18-26(21-42)13-15-28(29)30/h4-6,10-11,13-16,18-19,23,27,46H,3,7-9,12,17,20,22H2,1-2H3,(H,44,45). The molecule has 0 aliphatic heterocycles. The maximum absolute atomic E-state index is 15.5. The van der Waals surface area contributed by atoms with E-state index >= 15 is 8.78 Å². The molecule has 3 aromatic carbocycles. The molecule has 4 aromatic rings. The molecule has 0 aliphatic carbocycles. The van der Waals surface area contributed by atoms with Gasteiger partial charge in [0.15, 0.2) is 17.1 Å². The summed E-state index contributed by atoms with van der Waals surface area (Å²) in [5, 5.41) is 30.1. The van der Waals surface area contributed by atoms with Crippen molar-refractivity contribution in [2.45, 2.75) is 82.2 Å². The number of carboxylic acids is 1. The molecular weight excluding hydrogens is 635 g/mol. The number of fused-ring (bicyclic) bond motifs is 1. The Hall–Kier alpha value is -4.63. The number of nitrogens with zero attached hydrogens (tertiary/aromatic N) is 2. The summed E-state index contributed by atoms with van der Waals surface area (Å²) in [6, 6.07) is 19.5. The Morgan fingerprint density at radius 2 is 1.69 bits per heavy atom. The van der Waals surface area contributed by atoms with Crippen LogP contribution in [0, 0.1) is 11.3 Å². The van der Waals surface area contributed by atoms with Crippen molar-refractivity contribution in [2.75, 3.05) is 7.11 Å². The van der Waals surface area contributed by atoms with Gasteiger partial charge in [0.2, 0.25) is 0 Å². The van der Waals surface area contributed by atoms with Gasteiger partial charge in [-0.3, -0.25) is 4.79 Å². The molecule has 0 radical (unpaired) electrons. The van der Waals surface area contributed by atoms with Gasteiger partial charge in [-0.25, -0.2) is 0 Å². The molecule has 4 rings (SSSR count). The zero-order chi connectivity index (χ0) is 35.1. The second kappa shape index (κ2) is 15.1. The van der Waals surface area contributed by atoms with Crippen molar-refractivity contribution in [3.63, 3.8) is 0 Å². The van der Waals surface area contributed by atoms with E-state index in [1.165, 1.54) is 29.9 Å². The van der Waals surface area contributed by atoms with E-state index in [-0.39, 0.29) is 48.7 Å². The van der Waals surface area contributed by atoms with Crippen LogP contribution in [0.2, 0.25) is 0 Å². The fourth-order valence-corrected chi connectivity index (χ4v) is 5.91. The molecule has 2 N–H and O–H groups in total. The van der Waals surface area contributed by atoms with E-state index in [9.17, 15) is 28.3 Å². The van der Waals surface area contributed by atoms with E-state index in [1.54, 1.807) is 48.5 Å². The minimum Gasteiger partial charge on any atom is -0.493 e. The highest BCUT2D eigenvalue weighted by Crippen LogP contribution is 2.52. The number of methoxy groups -OCH3 is 1. The molecule has 0 amide bonds. The molecule has 0 fully saturated rings. The lowest BCUT2D eigenvalue weighted by Gasteiger charge is -2.37. The number of halogens is 5. The molecule has 0 saturated heterocycles. The van der Waals surface area contributed by atoms with Crippen molar-refractivity contribution in [3.05, 3.63) is 95.2 Å². The lowest BCUT2D eigenvalue weighted by atomic mass is 9.81. The average Bonchev–Trinajstić information content (AvgIpc) is 3.40. The van der Waals surface area contributed by atoms with Crippen molar-refractivity contribution in [1.29, 1.82) is 5.26 Å². The molecule has 1 heterocycles. The van der Waals surface area contributed by atoms with Gasteiger partial charge in [0, 0.05) is 23.7 Å². The van der Waals surface area contributed by atoms with Crippen LogP contribution in [0.3, 0.4) is 0 Å². The first-order valence-corrected chi connectivity index (χ1v) is 15.5. The number of rotatable bonds is 16. The van der Waals surface area contributed by atoms with Gasteiger partial charge in [0.1, 0.15) is 0 Å². The topological polar surface area (TPSA) is 105 Å². The SMILES string of the molecule is CCCC(CCCCC(O)(c1cn(Cc2ccccc2)c2cc(C#N)ccc12)C(F)(F)C(F)(F)F)Oc1ccc(CC(=O)O)cc1OC. The third kappa shape index (κ3) is 7.90. The summed E-state index contributed by atoms with van der Waals surface area (Å²) in [6.45, 7) is 2.02. The molecule has 0 spiro atoms. The highest BCUT2D eigenvalue weighted by atomic mass is 19.4. The van der Waals surface area contributed by atoms with Gasteiger partial charge in [0.05, 0.1) is 36.8 Å². The van der Waals surface area contributed by atoms with Crippen molar-refractivity contribution in [2.24, 2.45) is 0 Å². The summed E-state index contributed by atoms with van der Waals surface area (Å²) in [5.41, 5.74) is -2.54. The predicted molar refractivity (Wildman–Crippen MR) is 169 cm³/mol. The number of hydrogen-bond donors (Lipinski definition) is 2. The number of aliphatic hydroxyl groups is 1. The van der Waals surface area contributed by atoms with Crippen LogP contribution in [-0.4, -0.2) is 46.1 Å². The first-order valence-electron chi connectivity index (χ1n) is 15.5. The van der Waals surface area contributed by atoms with Crippen molar-refractivity contribution in [1.82, 2.24) is 4.57 Å². The third-order valence-corrected chi connectivity index (χ3v) is 8.33. The number of aliphatic carboxylic acids is 1. The van der Waals surface area contributed by atoms with Crippen LogP contribution in [0.1, 0.15) is 67.7 Å². The summed E-state index contributed by atoms with van der Waals surface area (Å²) < 4.78 is 85.9. The monoisotopic (exact) mass is 672 g/mol. The zero-order valence-electron chi connectivity index (χ0n) is 26.6. The predicted octanol–water partition coefficient (Wildman–Crippen LogP) is 8.39. The van der Waals surface area contributed by atoms with E-state index in [0.717, 1.165) is 11.8 Å². The molecule has 12 heteroatoms. The van der Waals surface area contributed by atoms with Gasteiger partial charge in [-0.1, -0.05) is 55.8 Å². The molecule has 48 heavy (non-hydrogen) atoms. The molecular formula is C36H37F5N2O5.